The van der Waals surface area contributed by atoms with Crippen molar-refractivity contribution in [2.24, 2.45) is 0 Å². The molecule has 18 heavy (non-hydrogen) atoms. The number of carbonyl (C=O) groups is 1. The van der Waals surface area contributed by atoms with Crippen molar-refractivity contribution < 1.29 is 14.3 Å². The molecule has 1 heterocycles. The third-order valence-corrected chi connectivity index (χ3v) is 2.93. The number of halogens is 1. The number of rotatable bonds is 6. The standard InChI is InChI=1S/C12H24N2O3.ClH/c1-4-16-7-8-17-11(3)12(15)14-6-5-13-9-10(14)2;/h10-11,13H,4-9H2,1-3H3;1H/t10-,11?;/m0./s1. The van der Waals surface area contributed by atoms with Crippen LogP contribution in [0.3, 0.4) is 0 Å². The van der Waals surface area contributed by atoms with Gasteiger partial charge in [-0.1, -0.05) is 0 Å². The first-order valence-corrected chi connectivity index (χ1v) is 6.37. The predicted octanol–water partition coefficient (Wildman–Crippen LogP) is 0.670. The second-order valence-corrected chi connectivity index (χ2v) is 4.29. The Morgan fingerprint density at radius 1 is 1.50 bits per heavy atom. The van der Waals surface area contributed by atoms with Crippen molar-refractivity contribution in [1.82, 2.24) is 10.2 Å². The number of amides is 1. The molecular weight excluding hydrogens is 256 g/mol. The van der Waals surface area contributed by atoms with Crippen molar-refractivity contribution in [3.8, 4) is 0 Å². The number of ether oxygens (including phenoxy) is 2. The van der Waals surface area contributed by atoms with Gasteiger partial charge in [-0.15, -0.1) is 12.4 Å². The Morgan fingerprint density at radius 3 is 2.83 bits per heavy atom. The van der Waals surface area contributed by atoms with Crippen molar-refractivity contribution in [3.63, 3.8) is 0 Å². The van der Waals surface area contributed by atoms with E-state index in [-0.39, 0.29) is 30.5 Å². The first-order valence-electron chi connectivity index (χ1n) is 6.37. The Kier molecular flexibility index (Phi) is 9.36. The quantitative estimate of drug-likeness (QED) is 0.727. The normalized spacial score (nSPS) is 21.3. The lowest BCUT2D eigenvalue weighted by molar-refractivity contribution is -0.146. The summed E-state index contributed by atoms with van der Waals surface area (Å²) in [6, 6.07) is 0.245. The van der Waals surface area contributed by atoms with Crippen LogP contribution in [0.1, 0.15) is 20.8 Å². The van der Waals surface area contributed by atoms with Crippen LogP contribution < -0.4 is 5.32 Å². The van der Waals surface area contributed by atoms with Crippen molar-refractivity contribution in [2.75, 3.05) is 39.5 Å². The Labute approximate surface area is 116 Å². The van der Waals surface area contributed by atoms with E-state index in [1.54, 1.807) is 0 Å². The van der Waals surface area contributed by atoms with Crippen LogP contribution in [0.25, 0.3) is 0 Å². The molecule has 1 fully saturated rings. The molecular formula is C12H25ClN2O3. The van der Waals surface area contributed by atoms with Gasteiger partial charge in [0.1, 0.15) is 6.10 Å². The van der Waals surface area contributed by atoms with E-state index >= 15 is 0 Å². The zero-order chi connectivity index (χ0) is 12.7. The van der Waals surface area contributed by atoms with Gasteiger partial charge in [-0.25, -0.2) is 0 Å². The van der Waals surface area contributed by atoms with Gasteiger partial charge in [0, 0.05) is 32.3 Å². The average Bonchev–Trinajstić information content (AvgIpc) is 2.34. The minimum absolute atomic E-state index is 0. The van der Waals surface area contributed by atoms with E-state index in [0.29, 0.717) is 19.8 Å². The maximum Gasteiger partial charge on any atom is 0.251 e. The molecule has 1 saturated heterocycles. The zero-order valence-corrected chi connectivity index (χ0v) is 12.3. The third-order valence-electron chi connectivity index (χ3n) is 2.93. The summed E-state index contributed by atoms with van der Waals surface area (Å²) >= 11 is 0. The first-order chi connectivity index (χ1) is 8.16. The summed E-state index contributed by atoms with van der Waals surface area (Å²) < 4.78 is 10.6. The first kappa shape index (κ1) is 17.6. The molecule has 0 aliphatic carbocycles. The van der Waals surface area contributed by atoms with Gasteiger partial charge in [-0.2, -0.15) is 0 Å². The minimum atomic E-state index is -0.379. The van der Waals surface area contributed by atoms with E-state index in [1.165, 1.54) is 0 Å². The molecule has 1 aliphatic heterocycles. The second-order valence-electron chi connectivity index (χ2n) is 4.29. The molecule has 0 saturated carbocycles. The van der Waals surface area contributed by atoms with E-state index in [1.807, 2.05) is 18.7 Å². The maximum absolute atomic E-state index is 12.1. The average molecular weight is 281 g/mol. The van der Waals surface area contributed by atoms with Crippen molar-refractivity contribution in [3.05, 3.63) is 0 Å². The number of nitrogens with zero attached hydrogens (tertiary/aromatic N) is 1. The molecule has 5 nitrogen and oxygen atoms in total. The second kappa shape index (κ2) is 9.55. The van der Waals surface area contributed by atoms with Crippen molar-refractivity contribution in [1.29, 1.82) is 0 Å². The van der Waals surface area contributed by atoms with Crippen LogP contribution in [0, 0.1) is 0 Å². The van der Waals surface area contributed by atoms with Gasteiger partial charge in [0.2, 0.25) is 0 Å². The SMILES string of the molecule is CCOCCOC(C)C(=O)N1CCNC[C@@H]1C.Cl. The van der Waals surface area contributed by atoms with Gasteiger partial charge in [-0.05, 0) is 20.8 Å². The molecule has 1 unspecified atom stereocenters. The summed E-state index contributed by atoms with van der Waals surface area (Å²) in [4.78, 5) is 14.0. The van der Waals surface area contributed by atoms with Crippen molar-refractivity contribution in [2.45, 2.75) is 32.9 Å². The topological polar surface area (TPSA) is 50.8 Å². The van der Waals surface area contributed by atoms with Crippen LogP contribution in [0.15, 0.2) is 0 Å². The zero-order valence-electron chi connectivity index (χ0n) is 11.5. The van der Waals surface area contributed by atoms with E-state index < -0.39 is 0 Å². The Bertz CT molecular complexity index is 241. The number of nitrogens with one attached hydrogen (secondary N) is 1. The van der Waals surface area contributed by atoms with Gasteiger partial charge in [0.05, 0.1) is 13.2 Å². The van der Waals surface area contributed by atoms with Gasteiger partial charge < -0.3 is 19.7 Å². The van der Waals surface area contributed by atoms with E-state index in [9.17, 15) is 4.79 Å². The Balaban J connectivity index is 0.00000289. The number of hydrogen-bond acceptors (Lipinski definition) is 4. The summed E-state index contributed by atoms with van der Waals surface area (Å²) in [6.07, 6.45) is -0.379. The number of hydrogen-bond donors (Lipinski definition) is 1. The predicted molar refractivity (Wildman–Crippen MR) is 73.2 cm³/mol. The highest BCUT2D eigenvalue weighted by atomic mass is 35.5. The fraction of sp³-hybridized carbons (Fsp3) is 0.917. The Morgan fingerprint density at radius 2 is 2.22 bits per heavy atom. The molecule has 1 rings (SSSR count). The van der Waals surface area contributed by atoms with E-state index in [2.05, 4.69) is 12.2 Å². The monoisotopic (exact) mass is 280 g/mol. The van der Waals surface area contributed by atoms with Gasteiger partial charge in [-0.3, -0.25) is 4.79 Å². The molecule has 1 amide bonds. The Hall–Kier alpha value is -0.360. The molecule has 2 atom stereocenters. The fourth-order valence-electron chi connectivity index (χ4n) is 1.90. The lowest BCUT2D eigenvalue weighted by Crippen LogP contribution is -2.54. The highest BCUT2D eigenvalue weighted by Crippen LogP contribution is 2.07. The molecule has 0 bridgehead atoms. The van der Waals surface area contributed by atoms with E-state index in [4.69, 9.17) is 9.47 Å². The molecule has 0 radical (unpaired) electrons. The summed E-state index contributed by atoms with van der Waals surface area (Å²) in [5.41, 5.74) is 0. The lowest BCUT2D eigenvalue weighted by Gasteiger charge is -2.35. The summed E-state index contributed by atoms with van der Waals surface area (Å²) in [5.74, 6) is 0.0792. The van der Waals surface area contributed by atoms with Crippen LogP contribution in [0.4, 0.5) is 0 Å². The third kappa shape index (κ3) is 5.52. The molecule has 0 spiro atoms. The maximum atomic E-state index is 12.1. The van der Waals surface area contributed by atoms with Gasteiger partial charge in [0.25, 0.3) is 5.91 Å². The molecule has 1 N–H and O–H groups in total. The number of carbonyl (C=O) groups excluding carboxylic acids is 1. The molecule has 1 aliphatic rings. The van der Waals surface area contributed by atoms with Crippen LogP contribution in [-0.4, -0.2) is 62.4 Å². The summed E-state index contributed by atoms with van der Waals surface area (Å²) in [5, 5.41) is 3.26. The lowest BCUT2D eigenvalue weighted by atomic mass is 10.2. The smallest absolute Gasteiger partial charge is 0.251 e. The number of piperazine rings is 1. The summed E-state index contributed by atoms with van der Waals surface area (Å²) in [7, 11) is 0. The highest BCUT2D eigenvalue weighted by Gasteiger charge is 2.27. The molecule has 108 valence electrons. The van der Waals surface area contributed by atoms with Gasteiger partial charge >= 0.3 is 0 Å². The van der Waals surface area contributed by atoms with Crippen LogP contribution in [0.2, 0.25) is 0 Å². The molecule has 6 heteroatoms. The van der Waals surface area contributed by atoms with Crippen LogP contribution in [-0.2, 0) is 14.3 Å². The minimum Gasteiger partial charge on any atom is -0.379 e. The van der Waals surface area contributed by atoms with Crippen LogP contribution in [0.5, 0.6) is 0 Å². The molecule has 0 aromatic heterocycles. The highest BCUT2D eigenvalue weighted by molar-refractivity contribution is 5.85. The molecule has 0 aromatic carbocycles. The van der Waals surface area contributed by atoms with Crippen LogP contribution >= 0.6 is 12.4 Å². The van der Waals surface area contributed by atoms with Crippen molar-refractivity contribution >= 4 is 18.3 Å². The molecule has 0 aromatic rings. The fourth-order valence-corrected chi connectivity index (χ4v) is 1.90. The largest absolute Gasteiger partial charge is 0.379 e. The van der Waals surface area contributed by atoms with E-state index in [0.717, 1.165) is 19.6 Å². The summed E-state index contributed by atoms with van der Waals surface area (Å²) in [6.45, 7) is 9.99. The van der Waals surface area contributed by atoms with Gasteiger partial charge in [0.15, 0.2) is 0 Å².